The fraction of sp³-hybridized carbons (Fsp3) is 0.458. The molecule has 1 unspecified atom stereocenters. The Bertz CT molecular complexity index is 1240. The first kappa shape index (κ1) is 25.7. The molecule has 0 spiro atoms. The van der Waals surface area contributed by atoms with Gasteiger partial charge in [-0.3, -0.25) is 4.79 Å². The van der Waals surface area contributed by atoms with E-state index in [1.54, 1.807) is 12.3 Å². The summed E-state index contributed by atoms with van der Waals surface area (Å²) in [5, 5.41) is 17.6. The van der Waals surface area contributed by atoms with Gasteiger partial charge in [-0.05, 0) is 51.5 Å². The highest BCUT2D eigenvalue weighted by Gasteiger charge is 2.32. The number of alkyl halides is 2. The molecule has 0 aliphatic carbocycles. The third-order valence-corrected chi connectivity index (χ3v) is 5.83. The molecular formula is C24H28F3N5O4. The van der Waals surface area contributed by atoms with Crippen molar-refractivity contribution in [2.75, 3.05) is 18.0 Å². The van der Waals surface area contributed by atoms with Crippen LogP contribution in [-0.4, -0.2) is 63.1 Å². The second kappa shape index (κ2) is 9.94. The summed E-state index contributed by atoms with van der Waals surface area (Å²) in [5.74, 6) is -1.62. The highest BCUT2D eigenvalue weighted by molar-refractivity contribution is 6.00. The van der Waals surface area contributed by atoms with E-state index in [0.29, 0.717) is 24.6 Å². The van der Waals surface area contributed by atoms with Gasteiger partial charge < -0.3 is 24.8 Å². The van der Waals surface area contributed by atoms with Gasteiger partial charge in [-0.25, -0.2) is 13.9 Å². The number of rotatable bonds is 7. The molecule has 2 aromatic heterocycles. The minimum Gasteiger partial charge on any atom is -0.432 e. The molecule has 2 N–H and O–H groups in total. The lowest BCUT2D eigenvalue weighted by Gasteiger charge is -2.36. The lowest BCUT2D eigenvalue weighted by atomic mass is 9.91. The number of fused-ring (bicyclic) bond motifs is 1. The van der Waals surface area contributed by atoms with E-state index in [0.717, 1.165) is 12.1 Å². The summed E-state index contributed by atoms with van der Waals surface area (Å²) in [5.41, 5.74) is -0.914. The molecule has 1 aromatic carbocycles. The lowest BCUT2D eigenvalue weighted by molar-refractivity contribution is -0.0522. The molecule has 1 aliphatic heterocycles. The minimum atomic E-state index is -3.19. The Labute approximate surface area is 205 Å². The van der Waals surface area contributed by atoms with Crippen molar-refractivity contribution in [3.8, 4) is 5.75 Å². The molecule has 9 nitrogen and oxygen atoms in total. The van der Waals surface area contributed by atoms with Gasteiger partial charge in [-0.1, -0.05) is 6.07 Å². The molecule has 36 heavy (non-hydrogen) atoms. The highest BCUT2D eigenvalue weighted by Crippen LogP contribution is 2.30. The molecular weight excluding hydrogens is 479 g/mol. The van der Waals surface area contributed by atoms with Gasteiger partial charge in [0.2, 0.25) is 0 Å². The second-order valence-electron chi connectivity index (χ2n) is 9.40. The number of nitrogens with one attached hydrogen (secondary N) is 1. The van der Waals surface area contributed by atoms with Crippen molar-refractivity contribution in [3.63, 3.8) is 0 Å². The average Bonchev–Trinajstić information content (AvgIpc) is 3.20. The van der Waals surface area contributed by atoms with Crippen molar-refractivity contribution < 1.29 is 32.5 Å². The molecule has 3 atom stereocenters. The number of hydrogen-bond acceptors (Lipinski definition) is 7. The number of hydrogen-bond donors (Lipinski definition) is 2. The lowest BCUT2D eigenvalue weighted by Crippen LogP contribution is -2.45. The summed E-state index contributed by atoms with van der Waals surface area (Å²) in [6.07, 6.45) is 3.09. The van der Waals surface area contributed by atoms with Crippen LogP contribution in [0, 0.1) is 5.82 Å². The molecule has 3 heterocycles. The Morgan fingerprint density at radius 1 is 1.25 bits per heavy atom. The van der Waals surface area contributed by atoms with E-state index < -0.39 is 35.7 Å². The predicted molar refractivity (Wildman–Crippen MR) is 125 cm³/mol. The van der Waals surface area contributed by atoms with Crippen molar-refractivity contribution >= 4 is 17.4 Å². The number of benzene rings is 1. The maximum absolute atomic E-state index is 14.4. The van der Waals surface area contributed by atoms with Gasteiger partial charge in [0, 0.05) is 19.3 Å². The zero-order chi connectivity index (χ0) is 26.2. The van der Waals surface area contributed by atoms with Crippen LogP contribution < -0.4 is 15.0 Å². The fourth-order valence-electron chi connectivity index (χ4n) is 4.33. The Morgan fingerprint density at radius 2 is 1.94 bits per heavy atom. The van der Waals surface area contributed by atoms with E-state index in [1.807, 2.05) is 13.8 Å². The zero-order valence-electron chi connectivity index (χ0n) is 20.3. The van der Waals surface area contributed by atoms with E-state index in [2.05, 4.69) is 25.0 Å². The zero-order valence-corrected chi connectivity index (χ0v) is 20.3. The number of aromatic nitrogens is 3. The number of nitrogens with zero attached hydrogens (tertiary/aromatic N) is 4. The van der Waals surface area contributed by atoms with E-state index in [-0.39, 0.29) is 23.3 Å². The van der Waals surface area contributed by atoms with Crippen LogP contribution in [-0.2, 0) is 4.74 Å². The number of amides is 1. The summed E-state index contributed by atoms with van der Waals surface area (Å²) in [6.45, 7) is 4.92. The largest absolute Gasteiger partial charge is 0.432 e. The van der Waals surface area contributed by atoms with E-state index in [4.69, 9.17) is 4.74 Å². The first-order valence-corrected chi connectivity index (χ1v) is 11.4. The maximum atomic E-state index is 14.4. The minimum absolute atomic E-state index is 0.0184. The molecule has 194 valence electrons. The maximum Gasteiger partial charge on any atom is 0.387 e. The molecule has 0 radical (unpaired) electrons. The predicted octanol–water partition coefficient (Wildman–Crippen LogP) is 3.33. The smallest absolute Gasteiger partial charge is 0.387 e. The van der Waals surface area contributed by atoms with Gasteiger partial charge in [0.05, 0.1) is 30.0 Å². The molecule has 0 bridgehead atoms. The summed E-state index contributed by atoms with van der Waals surface area (Å²) in [4.78, 5) is 20.0. The van der Waals surface area contributed by atoms with Crippen molar-refractivity contribution in [1.29, 1.82) is 0 Å². The van der Waals surface area contributed by atoms with Crippen LogP contribution in [0.5, 0.6) is 5.75 Å². The molecule has 4 rings (SSSR count). The number of carbonyl (C=O) groups excluding carboxylic acids is 1. The van der Waals surface area contributed by atoms with Gasteiger partial charge in [0.25, 0.3) is 5.91 Å². The summed E-state index contributed by atoms with van der Waals surface area (Å²) in [6, 6.07) is 3.98. The third kappa shape index (κ3) is 5.54. The first-order valence-electron chi connectivity index (χ1n) is 11.4. The van der Waals surface area contributed by atoms with Crippen LogP contribution in [0.1, 0.15) is 49.7 Å². The third-order valence-electron chi connectivity index (χ3n) is 5.83. The van der Waals surface area contributed by atoms with Crippen LogP contribution in [0.4, 0.5) is 19.0 Å². The molecule has 1 amide bonds. The first-order chi connectivity index (χ1) is 16.9. The van der Waals surface area contributed by atoms with Gasteiger partial charge in [-0.2, -0.15) is 13.9 Å². The SMILES string of the molecule is C[C@@H]1CN(c2ccn3ncc(C(=O)NC(c4ccc(OC(F)F)c(F)c4)C(C)(C)O)c3n2)C[C@H](C)O1. The van der Waals surface area contributed by atoms with Crippen molar-refractivity contribution in [3.05, 3.63) is 53.6 Å². The molecule has 0 saturated carbocycles. The van der Waals surface area contributed by atoms with Crippen molar-refractivity contribution in [2.24, 2.45) is 0 Å². The van der Waals surface area contributed by atoms with Crippen LogP contribution in [0.15, 0.2) is 36.7 Å². The molecule has 1 fully saturated rings. The normalized spacial score (nSPS) is 19.5. The molecule has 1 saturated heterocycles. The Kier molecular flexibility index (Phi) is 7.10. The van der Waals surface area contributed by atoms with Crippen LogP contribution >= 0.6 is 0 Å². The highest BCUT2D eigenvalue weighted by atomic mass is 19.3. The van der Waals surface area contributed by atoms with Gasteiger partial charge in [0.15, 0.2) is 17.2 Å². The summed E-state index contributed by atoms with van der Waals surface area (Å²) in [7, 11) is 0. The van der Waals surface area contributed by atoms with Gasteiger partial charge in [0.1, 0.15) is 11.4 Å². The van der Waals surface area contributed by atoms with Gasteiger partial charge in [-0.15, -0.1) is 0 Å². The van der Waals surface area contributed by atoms with Crippen LogP contribution in [0.2, 0.25) is 0 Å². The number of aliphatic hydroxyl groups is 1. The Morgan fingerprint density at radius 3 is 2.56 bits per heavy atom. The quantitative estimate of drug-likeness (QED) is 0.506. The Balaban J connectivity index is 1.62. The molecule has 3 aromatic rings. The second-order valence-corrected chi connectivity index (χ2v) is 9.40. The monoisotopic (exact) mass is 507 g/mol. The molecule has 12 heteroatoms. The average molecular weight is 508 g/mol. The van der Waals surface area contributed by atoms with E-state index in [1.165, 1.54) is 30.6 Å². The number of ether oxygens (including phenoxy) is 2. The van der Waals surface area contributed by atoms with E-state index >= 15 is 0 Å². The van der Waals surface area contributed by atoms with Crippen molar-refractivity contribution in [2.45, 2.75) is 58.2 Å². The topological polar surface area (TPSA) is 101 Å². The fourth-order valence-corrected chi connectivity index (χ4v) is 4.33. The van der Waals surface area contributed by atoms with Crippen molar-refractivity contribution in [1.82, 2.24) is 19.9 Å². The van der Waals surface area contributed by atoms with Crippen LogP contribution in [0.3, 0.4) is 0 Å². The standard InChI is InChI=1S/C24H28F3N5O4/c1-13-11-31(12-14(2)35-13)19-7-8-32-21(29-19)16(10-28-32)22(33)30-20(24(3,4)34)15-5-6-18(17(25)9-15)36-23(26)27/h5-10,13-14,20,23,34H,11-12H2,1-4H3,(H,30,33)/t13-,14+,20?. The van der Waals surface area contributed by atoms with E-state index in [9.17, 15) is 23.1 Å². The number of carbonyl (C=O) groups is 1. The number of morpholine rings is 1. The summed E-state index contributed by atoms with van der Waals surface area (Å²) >= 11 is 0. The Hall–Kier alpha value is -3.38. The van der Waals surface area contributed by atoms with Crippen LogP contribution in [0.25, 0.3) is 5.65 Å². The molecule has 1 aliphatic rings. The number of anilines is 1. The summed E-state index contributed by atoms with van der Waals surface area (Å²) < 4.78 is 50.7. The van der Waals surface area contributed by atoms with Gasteiger partial charge >= 0.3 is 6.61 Å². The number of halogens is 3.